The number of aromatic nitrogens is 2. The van der Waals surface area contributed by atoms with Crippen molar-refractivity contribution in [2.45, 2.75) is 46.0 Å². The zero-order valence-electron chi connectivity index (χ0n) is 18.4. The molecule has 2 aliphatic rings. The highest BCUT2D eigenvalue weighted by Gasteiger charge is 2.30. The molecule has 1 aliphatic carbocycles. The molecule has 8 heteroatoms. The van der Waals surface area contributed by atoms with Crippen molar-refractivity contribution in [1.29, 1.82) is 0 Å². The molecule has 1 amide bonds. The topological polar surface area (TPSA) is 92.5 Å². The van der Waals surface area contributed by atoms with Gasteiger partial charge in [0.1, 0.15) is 11.6 Å². The highest BCUT2D eigenvalue weighted by atomic mass is 16.6. The van der Waals surface area contributed by atoms with Crippen LogP contribution in [0, 0.1) is 23.0 Å². The van der Waals surface area contributed by atoms with Crippen LogP contribution in [0.25, 0.3) is 0 Å². The second-order valence-electron chi connectivity index (χ2n) is 8.81. The van der Waals surface area contributed by atoms with E-state index in [2.05, 4.69) is 4.90 Å². The molecule has 0 bridgehead atoms. The molecular weight excluding hydrogens is 394 g/mol. The Bertz CT molecular complexity index is 977. The molecule has 1 saturated carbocycles. The van der Waals surface area contributed by atoms with Crippen LogP contribution < -0.4 is 4.90 Å². The monoisotopic (exact) mass is 423 g/mol. The predicted octanol–water partition coefficient (Wildman–Crippen LogP) is 3.47. The van der Waals surface area contributed by atoms with Crippen molar-refractivity contribution in [3.63, 3.8) is 0 Å². The fraction of sp³-hybridized carbons (Fsp3) is 0.522. The van der Waals surface area contributed by atoms with Crippen LogP contribution in [-0.2, 0) is 11.2 Å². The molecule has 2 fully saturated rings. The Balaban J connectivity index is 1.60. The van der Waals surface area contributed by atoms with Gasteiger partial charge in [-0.2, -0.15) is 0 Å². The van der Waals surface area contributed by atoms with Gasteiger partial charge in [0.25, 0.3) is 5.69 Å². The SMILES string of the molecule is Cc1nc(C2CC2)nc(N2CCN(C(=O)C(C)C)CC2)c1Cc1ccc([N+](=O)[O-])cc1. The van der Waals surface area contributed by atoms with Gasteiger partial charge in [0.2, 0.25) is 5.91 Å². The van der Waals surface area contributed by atoms with E-state index in [1.807, 2.05) is 25.7 Å². The van der Waals surface area contributed by atoms with E-state index >= 15 is 0 Å². The summed E-state index contributed by atoms with van der Waals surface area (Å²) < 4.78 is 0. The van der Waals surface area contributed by atoms with Crippen LogP contribution in [0.4, 0.5) is 11.5 Å². The molecule has 2 heterocycles. The number of non-ortho nitro benzene ring substituents is 1. The number of carbonyl (C=O) groups is 1. The van der Waals surface area contributed by atoms with E-state index in [1.54, 1.807) is 24.3 Å². The van der Waals surface area contributed by atoms with E-state index < -0.39 is 0 Å². The number of hydrogen-bond donors (Lipinski definition) is 0. The van der Waals surface area contributed by atoms with Gasteiger partial charge in [-0.3, -0.25) is 14.9 Å². The van der Waals surface area contributed by atoms with Crippen molar-refractivity contribution in [2.24, 2.45) is 5.92 Å². The molecule has 2 aromatic rings. The van der Waals surface area contributed by atoms with Gasteiger partial charge in [0.15, 0.2) is 0 Å². The van der Waals surface area contributed by atoms with Crippen molar-refractivity contribution >= 4 is 17.4 Å². The molecule has 0 spiro atoms. The number of carbonyl (C=O) groups excluding carboxylic acids is 1. The third-order valence-corrected chi connectivity index (χ3v) is 6.06. The van der Waals surface area contributed by atoms with E-state index in [0.717, 1.165) is 54.4 Å². The van der Waals surface area contributed by atoms with Crippen LogP contribution in [0.3, 0.4) is 0 Å². The minimum Gasteiger partial charge on any atom is -0.353 e. The number of aryl methyl sites for hydroxylation is 1. The van der Waals surface area contributed by atoms with Gasteiger partial charge in [0.05, 0.1) is 4.92 Å². The highest BCUT2D eigenvalue weighted by molar-refractivity contribution is 5.78. The van der Waals surface area contributed by atoms with Gasteiger partial charge >= 0.3 is 0 Å². The van der Waals surface area contributed by atoms with Crippen LogP contribution in [0.1, 0.15) is 55.3 Å². The van der Waals surface area contributed by atoms with Gasteiger partial charge < -0.3 is 9.80 Å². The Kier molecular flexibility index (Phi) is 5.89. The number of benzene rings is 1. The van der Waals surface area contributed by atoms with Gasteiger partial charge in [-0.25, -0.2) is 9.97 Å². The maximum atomic E-state index is 12.4. The summed E-state index contributed by atoms with van der Waals surface area (Å²) >= 11 is 0. The summed E-state index contributed by atoms with van der Waals surface area (Å²) in [6.07, 6.45) is 2.89. The second-order valence-corrected chi connectivity index (χ2v) is 8.81. The summed E-state index contributed by atoms with van der Waals surface area (Å²) in [6.45, 7) is 8.76. The minimum absolute atomic E-state index is 0.00649. The van der Waals surface area contributed by atoms with E-state index in [4.69, 9.17) is 9.97 Å². The van der Waals surface area contributed by atoms with E-state index in [9.17, 15) is 14.9 Å². The quantitative estimate of drug-likeness (QED) is 0.522. The van der Waals surface area contributed by atoms with Crippen molar-refractivity contribution < 1.29 is 9.72 Å². The molecule has 1 aliphatic heterocycles. The van der Waals surface area contributed by atoms with E-state index in [1.165, 1.54) is 0 Å². The van der Waals surface area contributed by atoms with Crippen molar-refractivity contribution in [3.05, 3.63) is 57.0 Å². The summed E-state index contributed by atoms with van der Waals surface area (Å²) in [4.78, 5) is 36.9. The van der Waals surface area contributed by atoms with Crippen LogP contribution >= 0.6 is 0 Å². The number of amides is 1. The number of nitro benzene ring substituents is 1. The summed E-state index contributed by atoms with van der Waals surface area (Å²) in [6, 6.07) is 6.69. The van der Waals surface area contributed by atoms with Crippen LogP contribution in [0.5, 0.6) is 0 Å². The van der Waals surface area contributed by atoms with Gasteiger partial charge in [-0.1, -0.05) is 26.0 Å². The standard InChI is InChI=1S/C23H29N5O3/c1-15(2)23(29)27-12-10-26(11-13-27)22-20(16(3)24-21(25-22)18-6-7-18)14-17-4-8-19(9-5-17)28(30)31/h4-5,8-9,15,18H,6-7,10-14H2,1-3H3. The Hall–Kier alpha value is -3.03. The first kappa shape index (κ1) is 21.2. The van der Waals surface area contributed by atoms with Gasteiger partial charge in [0, 0.05) is 67.8 Å². The lowest BCUT2D eigenvalue weighted by molar-refractivity contribution is -0.384. The first-order chi connectivity index (χ1) is 14.8. The summed E-state index contributed by atoms with van der Waals surface area (Å²) in [5.74, 6) is 2.52. The number of rotatable bonds is 6. The number of hydrogen-bond acceptors (Lipinski definition) is 6. The molecule has 4 rings (SSSR count). The fourth-order valence-electron chi connectivity index (χ4n) is 4.04. The third kappa shape index (κ3) is 4.68. The Labute approximate surface area is 182 Å². The maximum absolute atomic E-state index is 12.4. The van der Waals surface area contributed by atoms with Crippen molar-refractivity contribution in [2.75, 3.05) is 31.1 Å². The second kappa shape index (κ2) is 8.61. The third-order valence-electron chi connectivity index (χ3n) is 6.06. The molecule has 0 radical (unpaired) electrons. The highest BCUT2D eigenvalue weighted by Crippen LogP contribution is 2.39. The van der Waals surface area contributed by atoms with Crippen LogP contribution in [0.2, 0.25) is 0 Å². The van der Waals surface area contributed by atoms with Crippen molar-refractivity contribution in [3.8, 4) is 0 Å². The Morgan fingerprint density at radius 2 is 1.77 bits per heavy atom. The van der Waals surface area contributed by atoms with Crippen LogP contribution in [-0.4, -0.2) is 51.9 Å². The summed E-state index contributed by atoms with van der Waals surface area (Å²) in [5.41, 5.74) is 3.10. The lowest BCUT2D eigenvalue weighted by atomic mass is 10.0. The number of anilines is 1. The van der Waals surface area contributed by atoms with Crippen molar-refractivity contribution in [1.82, 2.24) is 14.9 Å². The fourth-order valence-corrected chi connectivity index (χ4v) is 4.04. The average molecular weight is 424 g/mol. The first-order valence-corrected chi connectivity index (χ1v) is 11.0. The lowest BCUT2D eigenvalue weighted by Crippen LogP contribution is -2.50. The van der Waals surface area contributed by atoms with Crippen LogP contribution in [0.15, 0.2) is 24.3 Å². The number of nitrogens with zero attached hydrogens (tertiary/aromatic N) is 5. The van der Waals surface area contributed by atoms with E-state index in [0.29, 0.717) is 25.4 Å². The molecule has 0 N–H and O–H groups in total. The number of nitro groups is 1. The molecule has 0 unspecified atom stereocenters. The molecule has 0 atom stereocenters. The predicted molar refractivity (Wildman–Crippen MR) is 118 cm³/mol. The van der Waals surface area contributed by atoms with E-state index in [-0.39, 0.29) is 22.4 Å². The lowest BCUT2D eigenvalue weighted by Gasteiger charge is -2.37. The molecule has 164 valence electrons. The Morgan fingerprint density at radius 3 is 2.32 bits per heavy atom. The smallest absolute Gasteiger partial charge is 0.269 e. The van der Waals surface area contributed by atoms with Gasteiger partial charge in [-0.05, 0) is 25.3 Å². The number of piperazine rings is 1. The average Bonchev–Trinajstić information content (AvgIpc) is 3.60. The minimum atomic E-state index is -0.383. The molecular formula is C23H29N5O3. The zero-order valence-corrected chi connectivity index (χ0v) is 18.4. The molecule has 31 heavy (non-hydrogen) atoms. The Morgan fingerprint density at radius 1 is 1.13 bits per heavy atom. The molecule has 1 aromatic heterocycles. The van der Waals surface area contributed by atoms with Gasteiger partial charge in [-0.15, -0.1) is 0 Å². The normalized spacial score (nSPS) is 16.6. The summed E-state index contributed by atoms with van der Waals surface area (Å²) in [5, 5.41) is 11.0. The molecule has 1 saturated heterocycles. The summed E-state index contributed by atoms with van der Waals surface area (Å²) in [7, 11) is 0. The molecule has 8 nitrogen and oxygen atoms in total. The largest absolute Gasteiger partial charge is 0.353 e. The maximum Gasteiger partial charge on any atom is 0.269 e. The molecule has 1 aromatic carbocycles. The zero-order chi connectivity index (χ0) is 22.1. The first-order valence-electron chi connectivity index (χ1n) is 11.0.